The molecule has 1 aromatic rings. The summed E-state index contributed by atoms with van der Waals surface area (Å²) in [6.45, 7) is 3.61. The van der Waals surface area contributed by atoms with E-state index >= 15 is 0 Å². The van der Waals surface area contributed by atoms with Crippen molar-refractivity contribution < 1.29 is 24.1 Å². The quantitative estimate of drug-likeness (QED) is 0.820. The van der Waals surface area contributed by atoms with E-state index < -0.39 is 12.1 Å². The Bertz CT molecular complexity index is 428. The molecule has 0 radical (unpaired) electrons. The highest BCUT2D eigenvalue weighted by molar-refractivity contribution is 5.73. The number of benzene rings is 1. The van der Waals surface area contributed by atoms with E-state index in [0.29, 0.717) is 11.5 Å². The van der Waals surface area contributed by atoms with Crippen LogP contribution >= 0.6 is 0 Å². The lowest BCUT2D eigenvalue weighted by molar-refractivity contribution is -0.153. The SMILES string of the molecule is COc1ccc(CC(OC(C)C)C(=O)O)c(OC)c1. The average Bonchev–Trinajstić information content (AvgIpc) is 2.37. The first-order chi connectivity index (χ1) is 8.97. The summed E-state index contributed by atoms with van der Waals surface area (Å²) in [4.78, 5) is 11.2. The van der Waals surface area contributed by atoms with Crippen LogP contribution in [0.3, 0.4) is 0 Å². The van der Waals surface area contributed by atoms with Crippen LogP contribution in [0, 0.1) is 0 Å². The van der Waals surface area contributed by atoms with Crippen molar-refractivity contribution in [1.82, 2.24) is 0 Å². The lowest BCUT2D eigenvalue weighted by Crippen LogP contribution is -2.29. The van der Waals surface area contributed by atoms with Gasteiger partial charge >= 0.3 is 5.97 Å². The molecule has 0 bridgehead atoms. The Labute approximate surface area is 113 Å². The van der Waals surface area contributed by atoms with Crippen molar-refractivity contribution in [3.05, 3.63) is 23.8 Å². The van der Waals surface area contributed by atoms with Gasteiger partial charge in [0.1, 0.15) is 11.5 Å². The minimum Gasteiger partial charge on any atom is -0.497 e. The molecule has 0 aliphatic carbocycles. The molecule has 0 aliphatic rings. The largest absolute Gasteiger partial charge is 0.497 e. The van der Waals surface area contributed by atoms with E-state index in [2.05, 4.69) is 0 Å². The molecular formula is C14H20O5. The van der Waals surface area contributed by atoms with Crippen LogP contribution in [0.25, 0.3) is 0 Å². The molecule has 19 heavy (non-hydrogen) atoms. The molecule has 0 amide bonds. The van der Waals surface area contributed by atoms with Gasteiger partial charge in [0.25, 0.3) is 0 Å². The molecule has 0 aromatic heterocycles. The third kappa shape index (κ3) is 4.44. The first-order valence-electron chi connectivity index (χ1n) is 6.07. The molecule has 1 unspecified atom stereocenters. The normalized spacial score (nSPS) is 12.3. The highest BCUT2D eigenvalue weighted by atomic mass is 16.5. The summed E-state index contributed by atoms with van der Waals surface area (Å²) in [5, 5.41) is 9.16. The Morgan fingerprint density at radius 2 is 1.95 bits per heavy atom. The molecule has 1 atom stereocenters. The number of carbonyl (C=O) groups is 1. The zero-order valence-corrected chi connectivity index (χ0v) is 11.7. The topological polar surface area (TPSA) is 65.0 Å². The molecule has 0 saturated carbocycles. The number of carboxylic acid groups (broad SMARTS) is 1. The van der Waals surface area contributed by atoms with Crippen molar-refractivity contribution >= 4 is 5.97 Å². The number of hydrogen-bond donors (Lipinski definition) is 1. The van der Waals surface area contributed by atoms with Crippen LogP contribution in [0.1, 0.15) is 19.4 Å². The molecule has 5 heteroatoms. The van der Waals surface area contributed by atoms with Crippen LogP contribution in [0.2, 0.25) is 0 Å². The van der Waals surface area contributed by atoms with Gasteiger partial charge in [-0.05, 0) is 25.5 Å². The van der Waals surface area contributed by atoms with E-state index in [1.165, 1.54) is 7.11 Å². The van der Waals surface area contributed by atoms with Crippen LogP contribution < -0.4 is 9.47 Å². The van der Waals surface area contributed by atoms with E-state index in [0.717, 1.165) is 5.56 Å². The molecule has 1 rings (SSSR count). The predicted molar refractivity (Wildman–Crippen MR) is 70.9 cm³/mol. The van der Waals surface area contributed by atoms with Crippen LogP contribution in [0.15, 0.2) is 18.2 Å². The average molecular weight is 268 g/mol. The van der Waals surface area contributed by atoms with Crippen molar-refractivity contribution in [1.29, 1.82) is 0 Å². The second-order valence-corrected chi connectivity index (χ2v) is 4.39. The van der Waals surface area contributed by atoms with Gasteiger partial charge in [-0.1, -0.05) is 6.07 Å². The Balaban J connectivity index is 2.92. The summed E-state index contributed by atoms with van der Waals surface area (Å²) in [5.41, 5.74) is 0.774. The Morgan fingerprint density at radius 1 is 1.26 bits per heavy atom. The maximum absolute atomic E-state index is 11.2. The number of methoxy groups -OCH3 is 2. The molecule has 1 N–H and O–H groups in total. The summed E-state index contributed by atoms with van der Waals surface area (Å²) in [5.74, 6) is 0.279. The van der Waals surface area contributed by atoms with Crippen LogP contribution in [0.5, 0.6) is 11.5 Å². The van der Waals surface area contributed by atoms with Gasteiger partial charge < -0.3 is 19.3 Å². The second kappa shape index (κ2) is 6.99. The summed E-state index contributed by atoms with van der Waals surface area (Å²) in [7, 11) is 3.10. The summed E-state index contributed by atoms with van der Waals surface area (Å²) in [6.07, 6.45) is -0.784. The lowest BCUT2D eigenvalue weighted by atomic mass is 10.1. The van der Waals surface area contributed by atoms with Crippen molar-refractivity contribution in [3.63, 3.8) is 0 Å². The molecule has 0 heterocycles. The summed E-state index contributed by atoms with van der Waals surface area (Å²) < 4.78 is 15.7. The van der Waals surface area contributed by atoms with E-state index in [-0.39, 0.29) is 12.5 Å². The zero-order chi connectivity index (χ0) is 14.4. The van der Waals surface area contributed by atoms with Crippen molar-refractivity contribution in [2.75, 3.05) is 14.2 Å². The molecule has 1 aromatic carbocycles. The van der Waals surface area contributed by atoms with E-state index in [1.54, 1.807) is 39.2 Å². The van der Waals surface area contributed by atoms with Gasteiger partial charge in [0.15, 0.2) is 6.10 Å². The van der Waals surface area contributed by atoms with E-state index in [1.807, 2.05) is 0 Å². The Kier molecular flexibility index (Phi) is 5.63. The monoisotopic (exact) mass is 268 g/mol. The fraction of sp³-hybridized carbons (Fsp3) is 0.500. The number of ether oxygens (including phenoxy) is 3. The molecule has 0 fully saturated rings. The third-order valence-corrected chi connectivity index (χ3v) is 2.61. The maximum atomic E-state index is 11.2. The highest BCUT2D eigenvalue weighted by Gasteiger charge is 2.22. The number of rotatable bonds is 7. The van der Waals surface area contributed by atoms with Gasteiger partial charge in [0.05, 0.1) is 20.3 Å². The first-order valence-corrected chi connectivity index (χ1v) is 6.07. The fourth-order valence-corrected chi connectivity index (χ4v) is 1.74. The maximum Gasteiger partial charge on any atom is 0.333 e. The van der Waals surface area contributed by atoms with Gasteiger partial charge in [0, 0.05) is 12.5 Å². The molecular weight excluding hydrogens is 248 g/mol. The molecule has 0 saturated heterocycles. The highest BCUT2D eigenvalue weighted by Crippen LogP contribution is 2.26. The molecule has 106 valence electrons. The molecule has 0 aliphatic heterocycles. The lowest BCUT2D eigenvalue weighted by Gasteiger charge is -2.18. The Hall–Kier alpha value is -1.75. The Morgan fingerprint density at radius 3 is 2.42 bits per heavy atom. The number of carboxylic acids is 1. The van der Waals surface area contributed by atoms with Gasteiger partial charge in [-0.25, -0.2) is 4.79 Å². The smallest absolute Gasteiger partial charge is 0.333 e. The zero-order valence-electron chi connectivity index (χ0n) is 11.7. The van der Waals surface area contributed by atoms with Crippen molar-refractivity contribution in [2.45, 2.75) is 32.5 Å². The number of hydrogen-bond acceptors (Lipinski definition) is 4. The summed E-state index contributed by atoms with van der Waals surface area (Å²) >= 11 is 0. The second-order valence-electron chi connectivity index (χ2n) is 4.39. The van der Waals surface area contributed by atoms with Gasteiger partial charge in [-0.15, -0.1) is 0 Å². The van der Waals surface area contributed by atoms with Gasteiger partial charge in [-0.2, -0.15) is 0 Å². The first kappa shape index (κ1) is 15.3. The van der Waals surface area contributed by atoms with E-state index in [9.17, 15) is 4.79 Å². The van der Waals surface area contributed by atoms with Crippen LogP contribution in [-0.2, 0) is 16.0 Å². The summed E-state index contributed by atoms with van der Waals surface area (Å²) in [6, 6.07) is 5.28. The van der Waals surface area contributed by atoms with Crippen LogP contribution in [-0.4, -0.2) is 37.5 Å². The van der Waals surface area contributed by atoms with Crippen molar-refractivity contribution in [3.8, 4) is 11.5 Å². The number of aliphatic carboxylic acids is 1. The fourth-order valence-electron chi connectivity index (χ4n) is 1.74. The van der Waals surface area contributed by atoms with E-state index in [4.69, 9.17) is 19.3 Å². The van der Waals surface area contributed by atoms with Gasteiger partial charge in [0.2, 0.25) is 0 Å². The minimum absolute atomic E-state index is 0.148. The van der Waals surface area contributed by atoms with Gasteiger partial charge in [-0.3, -0.25) is 0 Å². The minimum atomic E-state index is -0.980. The van der Waals surface area contributed by atoms with Crippen molar-refractivity contribution in [2.24, 2.45) is 0 Å². The molecule has 0 spiro atoms. The standard InChI is InChI=1S/C14H20O5/c1-9(2)19-13(14(15)16)7-10-5-6-11(17-3)8-12(10)18-4/h5-6,8-9,13H,7H2,1-4H3,(H,15,16). The third-order valence-electron chi connectivity index (χ3n) is 2.61. The van der Waals surface area contributed by atoms with Crippen LogP contribution in [0.4, 0.5) is 0 Å². The predicted octanol–water partition coefficient (Wildman–Crippen LogP) is 2.12. The molecule has 5 nitrogen and oxygen atoms in total.